The van der Waals surface area contributed by atoms with Crippen LogP contribution in [0.5, 0.6) is 0 Å². The Labute approximate surface area is 105 Å². The summed E-state index contributed by atoms with van der Waals surface area (Å²) in [6, 6.07) is 21.5. The van der Waals surface area contributed by atoms with Crippen LogP contribution in [0.1, 0.15) is 0 Å². The van der Waals surface area contributed by atoms with Crippen molar-refractivity contribution in [3.05, 3.63) is 60.7 Å². The van der Waals surface area contributed by atoms with Gasteiger partial charge in [-0.2, -0.15) is 7.39 Å². The zero-order chi connectivity index (χ0) is 8.93. The SMILES string of the molecule is Br.c1cc[c]([Mg][c]2ccccc2)cc1. The zero-order valence-electron chi connectivity index (χ0n) is 7.89. The minimum atomic E-state index is -0.234. The summed E-state index contributed by atoms with van der Waals surface area (Å²) in [6.07, 6.45) is 0. The van der Waals surface area contributed by atoms with Gasteiger partial charge in [0.1, 0.15) is 0 Å². The quantitative estimate of drug-likeness (QED) is 0.723. The van der Waals surface area contributed by atoms with Crippen LogP contribution in [0.4, 0.5) is 0 Å². The van der Waals surface area contributed by atoms with Gasteiger partial charge >= 0.3 is 20.4 Å². The molecule has 0 aliphatic heterocycles. The predicted molar refractivity (Wildman–Crippen MR) is 68.2 cm³/mol. The Kier molecular flexibility index (Phi) is 5.23. The van der Waals surface area contributed by atoms with Crippen LogP contribution in [-0.4, -0.2) is 20.4 Å². The fraction of sp³-hybridized carbons (Fsp3) is 0. The molecule has 0 aliphatic carbocycles. The van der Waals surface area contributed by atoms with Gasteiger partial charge < -0.3 is 0 Å². The third kappa shape index (κ3) is 3.44. The van der Waals surface area contributed by atoms with Crippen molar-refractivity contribution >= 4 is 44.7 Å². The van der Waals surface area contributed by atoms with Gasteiger partial charge in [0.15, 0.2) is 0 Å². The van der Waals surface area contributed by atoms with E-state index in [1.54, 1.807) is 0 Å². The summed E-state index contributed by atoms with van der Waals surface area (Å²) in [6.45, 7) is 0. The fourth-order valence-corrected chi connectivity index (χ4v) is 2.91. The summed E-state index contributed by atoms with van der Waals surface area (Å²) in [5, 5.41) is 0. The molecule has 2 aromatic carbocycles. The van der Waals surface area contributed by atoms with Gasteiger partial charge in [-0.25, -0.2) is 0 Å². The summed E-state index contributed by atoms with van der Waals surface area (Å²) in [7, 11) is 0. The first-order chi connectivity index (χ1) is 6.45. The summed E-state index contributed by atoms with van der Waals surface area (Å²) < 4.78 is 3.02. The van der Waals surface area contributed by atoms with Gasteiger partial charge in [0.2, 0.25) is 0 Å². The smallest absolute Gasteiger partial charge is 0.165 e. The van der Waals surface area contributed by atoms with Crippen molar-refractivity contribution in [1.82, 2.24) is 0 Å². The maximum atomic E-state index is 2.22. The molecule has 0 amide bonds. The molecule has 0 fully saturated rings. The molecule has 0 saturated heterocycles. The molecule has 0 saturated carbocycles. The molecule has 0 N–H and O–H groups in total. The van der Waals surface area contributed by atoms with E-state index in [1.807, 2.05) is 0 Å². The van der Waals surface area contributed by atoms with Crippen molar-refractivity contribution in [3.63, 3.8) is 0 Å². The second-order valence-corrected chi connectivity index (χ2v) is 5.13. The lowest BCUT2D eigenvalue weighted by Gasteiger charge is -1.98. The number of halogens is 1. The van der Waals surface area contributed by atoms with Gasteiger partial charge in [-0.1, -0.05) is 60.7 Å². The summed E-state index contributed by atoms with van der Waals surface area (Å²) in [4.78, 5) is 0. The van der Waals surface area contributed by atoms with Crippen LogP contribution in [0, 0.1) is 0 Å². The largest absolute Gasteiger partial charge is 0.450 e. The molecule has 2 rings (SSSR count). The average molecular weight is 259 g/mol. The van der Waals surface area contributed by atoms with Crippen LogP contribution in [0.25, 0.3) is 0 Å². The normalized spacial score (nSPS) is 8.57. The molecule has 0 aliphatic rings. The molecule has 0 bridgehead atoms. The molecule has 0 nitrogen and oxygen atoms in total. The number of rotatable bonds is 2. The van der Waals surface area contributed by atoms with Crippen molar-refractivity contribution in [2.75, 3.05) is 0 Å². The van der Waals surface area contributed by atoms with E-state index in [0.717, 1.165) is 0 Å². The van der Waals surface area contributed by atoms with Gasteiger partial charge in [-0.3, -0.25) is 0 Å². The lowest BCUT2D eigenvalue weighted by atomic mass is 10.4. The highest BCUT2D eigenvalue weighted by Gasteiger charge is 1.99. The molecule has 0 unspecified atom stereocenters. The maximum absolute atomic E-state index is 2.22. The monoisotopic (exact) mass is 258 g/mol. The Bertz CT molecular complexity index is 321. The first-order valence-electron chi connectivity index (χ1n) is 4.53. The Morgan fingerprint density at radius 2 is 0.929 bits per heavy atom. The standard InChI is InChI=1S/2C6H5.BrH.Mg/c2*1-2-4-6-5-3-1;;/h2*1-5H;1H;. The lowest BCUT2D eigenvalue weighted by molar-refractivity contribution is 1.75. The van der Waals surface area contributed by atoms with Crippen LogP contribution >= 0.6 is 17.0 Å². The minimum absolute atomic E-state index is 0. The molecule has 0 spiro atoms. The molecule has 0 aromatic heterocycles. The van der Waals surface area contributed by atoms with E-state index < -0.39 is 0 Å². The first-order valence-corrected chi connectivity index (χ1v) is 5.94. The Morgan fingerprint density at radius 1 is 0.571 bits per heavy atom. The minimum Gasteiger partial charge on any atom is -0.165 e. The van der Waals surface area contributed by atoms with E-state index in [-0.39, 0.29) is 37.3 Å². The highest BCUT2D eigenvalue weighted by molar-refractivity contribution is 8.93. The third-order valence-electron chi connectivity index (χ3n) is 2.09. The van der Waals surface area contributed by atoms with Crippen LogP contribution in [0.3, 0.4) is 0 Å². The number of hydrogen-bond donors (Lipinski definition) is 0. The van der Waals surface area contributed by atoms with E-state index in [4.69, 9.17) is 0 Å². The summed E-state index contributed by atoms with van der Waals surface area (Å²) in [5.41, 5.74) is 0. The van der Waals surface area contributed by atoms with Gasteiger partial charge in [0, 0.05) is 0 Å². The van der Waals surface area contributed by atoms with Crippen LogP contribution < -0.4 is 7.39 Å². The van der Waals surface area contributed by atoms with Gasteiger partial charge in [0.05, 0.1) is 0 Å². The Morgan fingerprint density at radius 3 is 1.29 bits per heavy atom. The van der Waals surface area contributed by atoms with Gasteiger partial charge in [0.25, 0.3) is 0 Å². The van der Waals surface area contributed by atoms with Crippen molar-refractivity contribution in [1.29, 1.82) is 0 Å². The highest BCUT2D eigenvalue weighted by Crippen LogP contribution is 1.84. The zero-order valence-corrected chi connectivity index (χ0v) is 11.0. The number of benzene rings is 2. The van der Waals surface area contributed by atoms with E-state index in [2.05, 4.69) is 60.7 Å². The van der Waals surface area contributed by atoms with E-state index in [0.29, 0.717) is 0 Å². The predicted octanol–water partition coefficient (Wildman–Crippen LogP) is 1.92. The Hall–Kier alpha value is -0.314. The molecule has 2 heteroatoms. The molecule has 68 valence electrons. The summed E-state index contributed by atoms with van der Waals surface area (Å²) >= 11 is -0.234. The molecular weight excluding hydrogens is 248 g/mol. The molecule has 0 atom stereocenters. The van der Waals surface area contributed by atoms with Crippen molar-refractivity contribution in [3.8, 4) is 0 Å². The van der Waals surface area contributed by atoms with Crippen LogP contribution in [0.2, 0.25) is 0 Å². The topological polar surface area (TPSA) is 0 Å². The second-order valence-electron chi connectivity index (χ2n) is 3.15. The van der Waals surface area contributed by atoms with E-state index in [1.165, 1.54) is 7.39 Å². The molecule has 14 heavy (non-hydrogen) atoms. The first kappa shape index (κ1) is 11.8. The molecular formula is C12H11BrMg. The Balaban J connectivity index is 0.000000980. The van der Waals surface area contributed by atoms with Gasteiger partial charge in [-0.15, -0.1) is 17.0 Å². The van der Waals surface area contributed by atoms with Crippen LogP contribution in [-0.2, 0) is 0 Å². The lowest BCUT2D eigenvalue weighted by Crippen LogP contribution is -2.26. The van der Waals surface area contributed by atoms with Gasteiger partial charge in [-0.05, 0) is 0 Å². The molecule has 0 radical (unpaired) electrons. The average Bonchev–Trinajstić information content (AvgIpc) is 2.21. The van der Waals surface area contributed by atoms with E-state index >= 15 is 0 Å². The fourth-order valence-electron chi connectivity index (χ4n) is 1.43. The highest BCUT2D eigenvalue weighted by atomic mass is 79.9. The van der Waals surface area contributed by atoms with Crippen molar-refractivity contribution in [2.24, 2.45) is 0 Å². The maximum Gasteiger partial charge on any atom is 0.450 e. The van der Waals surface area contributed by atoms with Crippen molar-refractivity contribution < 1.29 is 0 Å². The third-order valence-corrected chi connectivity index (χ3v) is 3.85. The number of hydrogen-bond acceptors (Lipinski definition) is 0. The molecule has 2 aromatic rings. The summed E-state index contributed by atoms with van der Waals surface area (Å²) in [5.74, 6) is 0. The molecule has 0 heterocycles. The van der Waals surface area contributed by atoms with E-state index in [9.17, 15) is 0 Å². The van der Waals surface area contributed by atoms with Crippen LogP contribution in [0.15, 0.2) is 60.7 Å². The van der Waals surface area contributed by atoms with Crippen molar-refractivity contribution in [2.45, 2.75) is 0 Å². The second kappa shape index (κ2) is 6.22.